The normalized spacial score (nSPS) is 48.8. The third-order valence-electron chi connectivity index (χ3n) is 1.51. The maximum atomic E-state index is 2.30. The van der Waals surface area contributed by atoms with Crippen LogP contribution in [-0.2, 0) is 0 Å². The SMILES string of the molecule is BC1CC1B. The first kappa shape index (κ1) is 3.32. The third-order valence-corrected chi connectivity index (χ3v) is 1.51. The Bertz CT molecular complexity index is 38.2. The smallest absolute Gasteiger partial charge is 0.0744 e. The average molecular weight is 65.7 g/mol. The molecule has 0 N–H and O–H groups in total. The monoisotopic (exact) mass is 66.1 g/mol. The molecule has 0 amide bonds. The molecule has 1 fully saturated rings. The van der Waals surface area contributed by atoms with E-state index in [1.807, 2.05) is 0 Å². The maximum absolute atomic E-state index is 2.30. The molecule has 0 aliphatic heterocycles. The highest BCUT2D eigenvalue weighted by atomic mass is 14.2. The van der Waals surface area contributed by atoms with Crippen LogP contribution in [0.5, 0.6) is 0 Å². The third kappa shape index (κ3) is 0.499. The van der Waals surface area contributed by atoms with Gasteiger partial charge in [-0.1, -0.05) is 18.1 Å². The van der Waals surface area contributed by atoms with Crippen LogP contribution in [0.25, 0.3) is 0 Å². The minimum absolute atomic E-state index is 1.05. The molecule has 1 rings (SSSR count). The Kier molecular flexibility index (Phi) is 0.529. The number of hydrogen-bond donors (Lipinski definition) is 0. The Balaban J connectivity index is 2.20. The summed E-state index contributed by atoms with van der Waals surface area (Å²) < 4.78 is 0. The van der Waals surface area contributed by atoms with Crippen molar-refractivity contribution in [2.45, 2.75) is 18.1 Å². The molecule has 0 saturated heterocycles. The molecular weight excluding hydrogens is 57.7 g/mol. The van der Waals surface area contributed by atoms with Crippen LogP contribution in [0.15, 0.2) is 0 Å². The predicted octanol–water partition coefficient (Wildman–Crippen LogP) is -0.767. The summed E-state index contributed by atoms with van der Waals surface area (Å²) in [5.41, 5.74) is 0. The zero-order valence-electron chi connectivity index (χ0n) is 3.86. The average Bonchev–Trinajstić information content (AvgIpc) is 1.79. The van der Waals surface area contributed by atoms with Crippen LogP contribution in [0, 0.1) is 0 Å². The van der Waals surface area contributed by atoms with E-state index in [1.54, 1.807) is 0 Å². The molecule has 0 aromatic carbocycles. The van der Waals surface area contributed by atoms with Gasteiger partial charge in [0.15, 0.2) is 0 Å². The minimum Gasteiger partial charge on any atom is -0.0744 e. The molecule has 5 heavy (non-hydrogen) atoms. The quantitative estimate of drug-likeness (QED) is 0.326. The van der Waals surface area contributed by atoms with E-state index < -0.39 is 0 Å². The second kappa shape index (κ2) is 0.796. The molecular formula is C3H8B2. The lowest BCUT2D eigenvalue weighted by Crippen LogP contribution is -1.60. The Morgan fingerprint density at radius 3 is 1.40 bits per heavy atom. The number of hydrogen-bond acceptors (Lipinski definition) is 0. The van der Waals surface area contributed by atoms with Crippen molar-refractivity contribution in [1.82, 2.24) is 0 Å². The lowest BCUT2D eigenvalue weighted by atomic mass is 9.91. The van der Waals surface area contributed by atoms with Gasteiger partial charge in [0.2, 0.25) is 0 Å². The fraction of sp³-hybridized carbons (Fsp3) is 1.00. The van der Waals surface area contributed by atoms with Gasteiger partial charge in [0, 0.05) is 0 Å². The van der Waals surface area contributed by atoms with Gasteiger partial charge < -0.3 is 0 Å². The molecule has 1 aliphatic carbocycles. The zero-order chi connectivity index (χ0) is 3.86. The molecule has 0 radical (unpaired) electrons. The molecule has 1 aliphatic rings. The van der Waals surface area contributed by atoms with Gasteiger partial charge in [-0.25, -0.2) is 0 Å². The van der Waals surface area contributed by atoms with Crippen molar-refractivity contribution in [3.05, 3.63) is 0 Å². The largest absolute Gasteiger partial charge is 0.104 e. The van der Waals surface area contributed by atoms with E-state index in [9.17, 15) is 0 Å². The minimum atomic E-state index is 1.05. The molecule has 0 heterocycles. The van der Waals surface area contributed by atoms with Gasteiger partial charge in [0.25, 0.3) is 0 Å². The molecule has 1 saturated carbocycles. The first-order chi connectivity index (χ1) is 2.30. The van der Waals surface area contributed by atoms with E-state index in [1.165, 1.54) is 6.42 Å². The van der Waals surface area contributed by atoms with Crippen LogP contribution in [0.1, 0.15) is 6.42 Å². The summed E-state index contributed by atoms with van der Waals surface area (Å²) in [6.45, 7) is 0. The summed E-state index contributed by atoms with van der Waals surface area (Å²) in [6, 6.07) is 0. The highest BCUT2D eigenvalue weighted by Crippen LogP contribution is 2.44. The van der Waals surface area contributed by atoms with E-state index in [0.717, 1.165) is 11.6 Å². The second-order valence-corrected chi connectivity index (χ2v) is 2.19. The predicted molar refractivity (Wildman–Crippen MR) is 29.2 cm³/mol. The first-order valence-electron chi connectivity index (χ1n) is 2.30. The summed E-state index contributed by atoms with van der Waals surface area (Å²) in [4.78, 5) is 0. The highest BCUT2D eigenvalue weighted by Gasteiger charge is 2.26. The fourth-order valence-electron chi connectivity index (χ4n) is 0.508. The van der Waals surface area contributed by atoms with Crippen molar-refractivity contribution >= 4 is 15.7 Å². The van der Waals surface area contributed by atoms with E-state index in [0.29, 0.717) is 0 Å². The standard InChI is InChI=1S/C3H8B2/c4-2-1-3(2)5/h2-3H,1,4-5H2. The van der Waals surface area contributed by atoms with E-state index in [4.69, 9.17) is 0 Å². The van der Waals surface area contributed by atoms with Crippen molar-refractivity contribution in [2.24, 2.45) is 0 Å². The lowest BCUT2D eigenvalue weighted by molar-refractivity contribution is 1.46. The molecule has 0 aromatic heterocycles. The van der Waals surface area contributed by atoms with E-state index in [-0.39, 0.29) is 0 Å². The van der Waals surface area contributed by atoms with Gasteiger partial charge in [-0.05, 0) is 0 Å². The van der Waals surface area contributed by atoms with Gasteiger partial charge in [0.1, 0.15) is 15.7 Å². The zero-order valence-corrected chi connectivity index (χ0v) is 3.86. The van der Waals surface area contributed by atoms with Gasteiger partial charge in [0.05, 0.1) is 0 Å². The van der Waals surface area contributed by atoms with Crippen LogP contribution in [0.3, 0.4) is 0 Å². The van der Waals surface area contributed by atoms with Gasteiger partial charge in [-0.3, -0.25) is 0 Å². The molecule has 26 valence electrons. The van der Waals surface area contributed by atoms with Crippen LogP contribution in [0.2, 0.25) is 11.6 Å². The topological polar surface area (TPSA) is 0 Å². The van der Waals surface area contributed by atoms with Crippen LogP contribution < -0.4 is 0 Å². The lowest BCUT2D eigenvalue weighted by Gasteiger charge is -1.65. The van der Waals surface area contributed by atoms with Crippen molar-refractivity contribution in [3.8, 4) is 0 Å². The Hall–Kier alpha value is 0.130. The van der Waals surface area contributed by atoms with Gasteiger partial charge in [-0.15, -0.1) is 0 Å². The van der Waals surface area contributed by atoms with Crippen molar-refractivity contribution in [2.75, 3.05) is 0 Å². The van der Waals surface area contributed by atoms with E-state index in [2.05, 4.69) is 15.7 Å². The molecule has 0 spiro atoms. The van der Waals surface area contributed by atoms with Crippen LogP contribution >= 0.6 is 0 Å². The summed E-state index contributed by atoms with van der Waals surface area (Å²) in [6.07, 6.45) is 1.47. The van der Waals surface area contributed by atoms with Crippen LogP contribution in [0.4, 0.5) is 0 Å². The van der Waals surface area contributed by atoms with Crippen molar-refractivity contribution in [1.29, 1.82) is 0 Å². The fourth-order valence-corrected chi connectivity index (χ4v) is 0.508. The maximum Gasteiger partial charge on any atom is 0.104 e. The van der Waals surface area contributed by atoms with Crippen molar-refractivity contribution < 1.29 is 0 Å². The summed E-state index contributed by atoms with van der Waals surface area (Å²) in [5, 5.41) is 0. The van der Waals surface area contributed by atoms with E-state index >= 15 is 0 Å². The highest BCUT2D eigenvalue weighted by molar-refractivity contribution is 6.25. The Morgan fingerprint density at radius 1 is 1.20 bits per heavy atom. The Labute approximate surface area is 34.8 Å². The second-order valence-electron chi connectivity index (χ2n) is 2.19. The first-order valence-corrected chi connectivity index (χ1v) is 2.30. The molecule has 2 atom stereocenters. The Morgan fingerprint density at radius 2 is 1.40 bits per heavy atom. The summed E-state index contributed by atoms with van der Waals surface area (Å²) in [5.74, 6) is 2.10. The summed E-state index contributed by atoms with van der Waals surface area (Å²) >= 11 is 0. The summed E-state index contributed by atoms with van der Waals surface area (Å²) in [7, 11) is 4.59. The van der Waals surface area contributed by atoms with Gasteiger partial charge in [-0.2, -0.15) is 0 Å². The molecule has 0 aromatic rings. The van der Waals surface area contributed by atoms with Crippen molar-refractivity contribution in [3.63, 3.8) is 0 Å². The van der Waals surface area contributed by atoms with Crippen LogP contribution in [-0.4, -0.2) is 15.7 Å². The molecule has 0 bridgehead atoms. The van der Waals surface area contributed by atoms with Gasteiger partial charge >= 0.3 is 0 Å². The molecule has 0 nitrogen and oxygen atoms in total. The molecule has 2 unspecified atom stereocenters. The number of rotatable bonds is 0. The molecule has 2 heteroatoms.